The summed E-state index contributed by atoms with van der Waals surface area (Å²) < 4.78 is 12.2. The van der Waals surface area contributed by atoms with Crippen LogP contribution in [0.15, 0.2) is 141 Å². The summed E-state index contributed by atoms with van der Waals surface area (Å²) in [4.78, 5) is 50.5. The van der Waals surface area contributed by atoms with Gasteiger partial charge in [-0.15, -0.1) is 0 Å². The second-order valence-corrected chi connectivity index (χ2v) is 14.9. The molecule has 58 heavy (non-hydrogen) atoms. The first-order chi connectivity index (χ1) is 28.4. The highest BCUT2D eigenvalue weighted by molar-refractivity contribution is 6.02. The van der Waals surface area contributed by atoms with Crippen LogP contribution in [0.3, 0.4) is 0 Å². The van der Waals surface area contributed by atoms with Gasteiger partial charge in [-0.25, -0.2) is 9.59 Å². The fourth-order valence-electron chi connectivity index (χ4n) is 7.16. The summed E-state index contributed by atoms with van der Waals surface area (Å²) in [6, 6.07) is 29.3. The number of H-pyrrole nitrogens is 1. The molecule has 0 unspecified atom stereocenters. The first kappa shape index (κ1) is 38.0. The van der Waals surface area contributed by atoms with Crippen molar-refractivity contribution in [2.45, 2.75) is 50.4 Å². The van der Waals surface area contributed by atoms with Gasteiger partial charge in [-0.05, 0) is 126 Å². The van der Waals surface area contributed by atoms with Gasteiger partial charge in [-0.2, -0.15) is 0 Å². The van der Waals surface area contributed by atoms with Crippen LogP contribution in [-0.2, 0) is 22.3 Å². The van der Waals surface area contributed by atoms with E-state index in [4.69, 9.17) is 9.47 Å². The molecule has 1 N–H and O–H groups in total. The minimum absolute atomic E-state index is 0.0667. The molecule has 0 saturated heterocycles. The van der Waals surface area contributed by atoms with Crippen LogP contribution in [0, 0.1) is 0 Å². The Balaban J connectivity index is 0.000000168. The highest BCUT2D eigenvalue weighted by Gasteiger charge is 2.27. The number of hydrogen-bond donors (Lipinski definition) is 1. The SMILES string of the molecule is C=CCOC(=O)c1cc(C2CC2)cnc1Cc1ccc2[nH]ccc2c1.C=CCOC(=O)c1cc(C2CC2)cnc1Cc1ccc2c(ccn2C(=O)c2ccccc2)c1. The smallest absolute Gasteiger partial charge is 0.340 e. The quantitative estimate of drug-likeness (QED) is 0.0917. The molecule has 290 valence electrons. The molecule has 2 saturated carbocycles. The molecule has 0 radical (unpaired) electrons. The number of pyridine rings is 2. The summed E-state index contributed by atoms with van der Waals surface area (Å²) >= 11 is 0. The third-order valence-corrected chi connectivity index (χ3v) is 10.5. The molecule has 0 amide bonds. The summed E-state index contributed by atoms with van der Waals surface area (Å²) in [6.07, 6.45) is 16.4. The molecule has 0 spiro atoms. The molecule has 9 nitrogen and oxygen atoms in total. The minimum Gasteiger partial charge on any atom is -0.458 e. The van der Waals surface area contributed by atoms with E-state index in [1.54, 1.807) is 22.9 Å². The van der Waals surface area contributed by atoms with E-state index in [-0.39, 0.29) is 31.1 Å². The van der Waals surface area contributed by atoms with Crippen molar-refractivity contribution >= 4 is 39.7 Å². The van der Waals surface area contributed by atoms with E-state index >= 15 is 0 Å². The monoisotopic (exact) mass is 768 g/mol. The van der Waals surface area contributed by atoms with Gasteiger partial charge in [0.2, 0.25) is 0 Å². The Hall–Kier alpha value is -6.87. The van der Waals surface area contributed by atoms with Gasteiger partial charge >= 0.3 is 11.9 Å². The summed E-state index contributed by atoms with van der Waals surface area (Å²) in [5.74, 6) is 0.274. The number of nitrogens with zero attached hydrogens (tertiary/aromatic N) is 3. The van der Waals surface area contributed by atoms with Crippen LogP contribution >= 0.6 is 0 Å². The zero-order valence-corrected chi connectivity index (χ0v) is 32.2. The van der Waals surface area contributed by atoms with Crippen molar-refractivity contribution in [3.8, 4) is 0 Å². The van der Waals surface area contributed by atoms with E-state index in [0.29, 0.717) is 47.1 Å². The standard InChI is InChI=1S/C28H24N2O3.C21H20N2O2/c1-2-14-33-28(32)24-17-23(20-9-10-20)18-29-25(24)16-19-8-11-26-22(15-19)12-13-30(26)27(31)21-6-4-3-5-7-21;1-2-9-25-21(24)18-12-17(15-4-5-15)13-23-20(18)11-14-3-6-19-16(10-14)7-8-22-19/h2-8,11-13,15,17-18,20H,1,9-10,14,16H2;2-3,6-8,10,12-13,15,22H,1,4-5,9,11H2. The topological polar surface area (TPSA) is 116 Å². The van der Waals surface area contributed by atoms with Gasteiger partial charge in [0, 0.05) is 54.1 Å². The van der Waals surface area contributed by atoms with E-state index in [0.717, 1.165) is 62.6 Å². The van der Waals surface area contributed by atoms with Crippen molar-refractivity contribution < 1.29 is 23.9 Å². The van der Waals surface area contributed by atoms with Crippen LogP contribution < -0.4 is 0 Å². The Labute approximate surface area is 337 Å². The largest absolute Gasteiger partial charge is 0.458 e. The molecule has 2 fully saturated rings. The number of esters is 2. The summed E-state index contributed by atoms with van der Waals surface area (Å²) in [5, 5.41) is 2.12. The lowest BCUT2D eigenvalue weighted by Crippen LogP contribution is -2.11. The summed E-state index contributed by atoms with van der Waals surface area (Å²) in [5.41, 5.74) is 9.47. The number of fused-ring (bicyclic) bond motifs is 2. The molecular formula is C49H44N4O5. The average molecular weight is 769 g/mol. The number of aromatic nitrogens is 4. The Bertz CT molecular complexity index is 2650. The Morgan fingerprint density at radius 2 is 1.26 bits per heavy atom. The lowest BCUT2D eigenvalue weighted by molar-refractivity contribution is 0.0538. The molecule has 9 rings (SSSR count). The van der Waals surface area contributed by atoms with Gasteiger partial charge in [0.05, 0.1) is 28.0 Å². The third kappa shape index (κ3) is 8.74. The van der Waals surface area contributed by atoms with E-state index in [1.165, 1.54) is 12.8 Å². The second kappa shape index (κ2) is 17.1. The number of carbonyl (C=O) groups excluding carboxylic acids is 3. The highest BCUT2D eigenvalue weighted by atomic mass is 16.5. The zero-order chi connectivity index (χ0) is 40.0. The number of benzene rings is 3. The number of hydrogen-bond acceptors (Lipinski definition) is 7. The molecule has 4 heterocycles. The Morgan fingerprint density at radius 1 is 0.690 bits per heavy atom. The van der Waals surface area contributed by atoms with Crippen LogP contribution in [0.5, 0.6) is 0 Å². The molecule has 0 atom stereocenters. The lowest BCUT2D eigenvalue weighted by atomic mass is 10.0. The maximum absolute atomic E-state index is 12.9. The maximum atomic E-state index is 12.9. The Kier molecular flexibility index (Phi) is 11.2. The second-order valence-electron chi connectivity index (χ2n) is 14.9. The summed E-state index contributed by atoms with van der Waals surface area (Å²) in [7, 11) is 0. The first-order valence-electron chi connectivity index (χ1n) is 19.7. The highest BCUT2D eigenvalue weighted by Crippen LogP contribution is 2.41. The van der Waals surface area contributed by atoms with E-state index in [2.05, 4.69) is 46.3 Å². The van der Waals surface area contributed by atoms with Crippen LogP contribution in [0.25, 0.3) is 21.8 Å². The molecular weight excluding hydrogens is 725 g/mol. The van der Waals surface area contributed by atoms with Crippen molar-refractivity contribution in [1.82, 2.24) is 19.5 Å². The van der Waals surface area contributed by atoms with Gasteiger partial charge in [0.25, 0.3) is 5.91 Å². The molecule has 0 bridgehead atoms. The van der Waals surface area contributed by atoms with Crippen LogP contribution in [0.2, 0.25) is 0 Å². The van der Waals surface area contributed by atoms with Crippen molar-refractivity contribution in [1.29, 1.82) is 0 Å². The predicted molar refractivity (Wildman–Crippen MR) is 225 cm³/mol. The molecule has 0 aliphatic heterocycles. The van der Waals surface area contributed by atoms with E-state index < -0.39 is 0 Å². The molecule has 2 aliphatic carbocycles. The number of ether oxygens (including phenoxy) is 2. The fraction of sp³-hybridized carbons (Fsp3) is 0.204. The van der Waals surface area contributed by atoms with Gasteiger partial charge in [-0.3, -0.25) is 19.3 Å². The van der Waals surface area contributed by atoms with Crippen LogP contribution in [0.4, 0.5) is 0 Å². The molecule has 9 heteroatoms. The van der Waals surface area contributed by atoms with Gasteiger partial charge in [0.15, 0.2) is 0 Å². The number of rotatable bonds is 13. The van der Waals surface area contributed by atoms with Crippen molar-refractivity contribution in [3.05, 3.63) is 191 Å². The Morgan fingerprint density at radius 3 is 1.83 bits per heavy atom. The third-order valence-electron chi connectivity index (χ3n) is 10.5. The predicted octanol–water partition coefficient (Wildman–Crippen LogP) is 9.91. The van der Waals surface area contributed by atoms with Gasteiger partial charge in [0.1, 0.15) is 13.2 Å². The number of nitrogens with one attached hydrogen (secondary N) is 1. The lowest BCUT2D eigenvalue weighted by Gasteiger charge is -2.11. The molecule has 4 aromatic heterocycles. The van der Waals surface area contributed by atoms with Crippen molar-refractivity contribution in [2.75, 3.05) is 13.2 Å². The average Bonchev–Trinajstić information content (AvgIpc) is 4.20. The molecule has 7 aromatic rings. The molecule has 3 aromatic carbocycles. The normalized spacial score (nSPS) is 13.4. The van der Waals surface area contributed by atoms with Crippen LogP contribution in [0.1, 0.15) is 102 Å². The zero-order valence-electron chi connectivity index (χ0n) is 32.2. The fourth-order valence-corrected chi connectivity index (χ4v) is 7.16. The van der Waals surface area contributed by atoms with Crippen molar-refractivity contribution in [2.24, 2.45) is 0 Å². The molecule has 2 aliphatic rings. The van der Waals surface area contributed by atoms with Crippen molar-refractivity contribution in [3.63, 3.8) is 0 Å². The van der Waals surface area contributed by atoms with E-state index in [1.807, 2.05) is 91.4 Å². The maximum Gasteiger partial charge on any atom is 0.340 e. The minimum atomic E-state index is -0.374. The summed E-state index contributed by atoms with van der Waals surface area (Å²) in [6.45, 7) is 7.59. The van der Waals surface area contributed by atoms with E-state index in [9.17, 15) is 14.4 Å². The first-order valence-corrected chi connectivity index (χ1v) is 19.7. The number of carbonyl (C=O) groups is 3. The van der Waals surface area contributed by atoms with Crippen LogP contribution in [-0.4, -0.2) is 50.6 Å². The number of aromatic amines is 1. The van der Waals surface area contributed by atoms with Gasteiger partial charge < -0.3 is 14.5 Å². The van der Waals surface area contributed by atoms with Gasteiger partial charge in [-0.1, -0.05) is 55.6 Å².